The van der Waals surface area contributed by atoms with Crippen LogP contribution in [0.5, 0.6) is 0 Å². The quantitative estimate of drug-likeness (QED) is 0.867. The smallest absolute Gasteiger partial charge is 0.0957 e. The van der Waals surface area contributed by atoms with Crippen molar-refractivity contribution in [3.05, 3.63) is 42.4 Å². The van der Waals surface area contributed by atoms with E-state index < -0.39 is 6.10 Å². The number of benzene rings is 1. The Kier molecular flexibility index (Phi) is 2.39. The molecule has 1 N–H and O–H groups in total. The number of nitrogens with zero attached hydrogens (tertiary/aromatic N) is 3. The summed E-state index contributed by atoms with van der Waals surface area (Å²) in [5, 5.41) is 10.9. The first-order valence-electron chi connectivity index (χ1n) is 6.99. The van der Waals surface area contributed by atoms with Gasteiger partial charge in [0.1, 0.15) is 0 Å². The molecular weight excluding hydrogens is 250 g/mol. The van der Waals surface area contributed by atoms with Crippen LogP contribution in [0.3, 0.4) is 0 Å². The standard InChI is InChI=1S/C16H17N3O/c1-17-9-16(6-7-16)15(20)14-12-5-3-2-4-11(12)13-8-18-10-19(13)14/h2-5,8-10,14-15,20H,6-7H2,1H3/b17-9-. The molecule has 0 radical (unpaired) electrons. The van der Waals surface area contributed by atoms with Gasteiger partial charge in [-0.3, -0.25) is 0 Å². The zero-order valence-corrected chi connectivity index (χ0v) is 11.4. The Hall–Kier alpha value is -1.94. The highest BCUT2D eigenvalue weighted by atomic mass is 16.3. The van der Waals surface area contributed by atoms with Gasteiger partial charge in [-0.1, -0.05) is 24.3 Å². The molecule has 0 saturated heterocycles. The van der Waals surface area contributed by atoms with E-state index in [1.165, 1.54) is 11.1 Å². The minimum Gasteiger partial charge on any atom is -0.390 e. The molecule has 4 rings (SSSR count). The average Bonchev–Trinajstić information content (AvgIpc) is 2.97. The molecule has 20 heavy (non-hydrogen) atoms. The van der Waals surface area contributed by atoms with E-state index in [0.717, 1.165) is 18.5 Å². The van der Waals surface area contributed by atoms with Gasteiger partial charge in [-0.2, -0.15) is 0 Å². The van der Waals surface area contributed by atoms with Crippen molar-refractivity contribution in [3.63, 3.8) is 0 Å². The van der Waals surface area contributed by atoms with Crippen molar-refractivity contribution in [2.45, 2.75) is 25.0 Å². The molecule has 102 valence electrons. The molecule has 1 aromatic carbocycles. The van der Waals surface area contributed by atoms with Crippen LogP contribution in [0.1, 0.15) is 24.4 Å². The van der Waals surface area contributed by atoms with Crippen LogP contribution in [-0.2, 0) is 0 Å². The summed E-state index contributed by atoms with van der Waals surface area (Å²) in [5.41, 5.74) is 3.30. The number of aliphatic hydroxyl groups is 1. The molecule has 4 nitrogen and oxygen atoms in total. The average molecular weight is 267 g/mol. The highest BCUT2D eigenvalue weighted by Crippen LogP contribution is 2.54. The van der Waals surface area contributed by atoms with Crippen LogP contribution >= 0.6 is 0 Å². The van der Waals surface area contributed by atoms with Crippen molar-refractivity contribution in [1.82, 2.24) is 9.55 Å². The third kappa shape index (κ3) is 1.45. The number of aliphatic imine (C=N–C) groups is 1. The van der Waals surface area contributed by atoms with Crippen molar-refractivity contribution in [1.29, 1.82) is 0 Å². The number of hydrogen-bond donors (Lipinski definition) is 1. The molecule has 2 heterocycles. The monoisotopic (exact) mass is 267 g/mol. The Labute approximate surface area is 117 Å². The first-order chi connectivity index (χ1) is 9.77. The van der Waals surface area contributed by atoms with E-state index in [2.05, 4.69) is 26.7 Å². The van der Waals surface area contributed by atoms with Crippen molar-refractivity contribution in [2.24, 2.45) is 10.4 Å². The van der Waals surface area contributed by atoms with E-state index in [1.807, 2.05) is 30.9 Å². The fraction of sp³-hybridized carbons (Fsp3) is 0.375. The number of hydrogen-bond acceptors (Lipinski definition) is 3. The summed E-state index contributed by atoms with van der Waals surface area (Å²) in [4.78, 5) is 8.39. The topological polar surface area (TPSA) is 50.4 Å². The second-order valence-corrected chi connectivity index (χ2v) is 5.78. The van der Waals surface area contributed by atoms with Gasteiger partial charge in [0.25, 0.3) is 0 Å². The Bertz CT molecular complexity index is 685. The van der Waals surface area contributed by atoms with E-state index in [1.54, 1.807) is 7.05 Å². The third-order valence-electron chi connectivity index (χ3n) is 4.62. The Balaban J connectivity index is 1.83. The van der Waals surface area contributed by atoms with Gasteiger partial charge in [0.2, 0.25) is 0 Å². The van der Waals surface area contributed by atoms with Gasteiger partial charge in [0.15, 0.2) is 0 Å². The van der Waals surface area contributed by atoms with Crippen LogP contribution in [0, 0.1) is 5.41 Å². The molecule has 4 heteroatoms. The minimum absolute atomic E-state index is 0.0517. The summed E-state index contributed by atoms with van der Waals surface area (Å²) in [6.07, 6.45) is 7.18. The molecule has 2 aromatic rings. The summed E-state index contributed by atoms with van der Waals surface area (Å²) in [7, 11) is 1.78. The third-order valence-corrected chi connectivity index (χ3v) is 4.62. The second-order valence-electron chi connectivity index (χ2n) is 5.78. The lowest BCUT2D eigenvalue weighted by molar-refractivity contribution is 0.0910. The van der Waals surface area contributed by atoms with Crippen LogP contribution in [0.15, 0.2) is 41.8 Å². The molecule has 1 aromatic heterocycles. The molecule has 1 aliphatic heterocycles. The Morgan fingerprint density at radius 2 is 2.25 bits per heavy atom. The molecule has 1 fully saturated rings. The van der Waals surface area contributed by atoms with Gasteiger partial charge >= 0.3 is 0 Å². The molecule has 0 bridgehead atoms. The summed E-state index contributed by atoms with van der Waals surface area (Å²) >= 11 is 0. The van der Waals surface area contributed by atoms with Crippen LogP contribution in [-0.4, -0.2) is 34.0 Å². The second kappa shape index (κ2) is 4.03. The van der Waals surface area contributed by atoms with Gasteiger partial charge < -0.3 is 14.7 Å². The fourth-order valence-corrected chi connectivity index (χ4v) is 3.41. The number of aromatic nitrogens is 2. The normalized spacial score (nSPS) is 23.6. The molecule has 1 aliphatic carbocycles. The maximum Gasteiger partial charge on any atom is 0.0957 e. The number of aliphatic hydroxyl groups excluding tert-OH is 1. The number of fused-ring (bicyclic) bond motifs is 3. The molecule has 1 saturated carbocycles. The maximum absolute atomic E-state index is 10.9. The summed E-state index contributed by atoms with van der Waals surface area (Å²) in [6.45, 7) is 0. The largest absolute Gasteiger partial charge is 0.390 e. The Morgan fingerprint density at radius 3 is 3.00 bits per heavy atom. The Morgan fingerprint density at radius 1 is 1.45 bits per heavy atom. The summed E-state index contributed by atoms with van der Waals surface area (Å²) < 4.78 is 2.10. The lowest BCUT2D eigenvalue weighted by Gasteiger charge is -2.26. The van der Waals surface area contributed by atoms with E-state index in [4.69, 9.17) is 0 Å². The van der Waals surface area contributed by atoms with Crippen molar-refractivity contribution >= 4 is 6.21 Å². The molecular formula is C16H17N3O. The minimum atomic E-state index is -0.456. The summed E-state index contributed by atoms with van der Waals surface area (Å²) in [5.74, 6) is 0. The zero-order chi connectivity index (χ0) is 13.7. The van der Waals surface area contributed by atoms with Crippen molar-refractivity contribution in [3.8, 4) is 11.3 Å². The van der Waals surface area contributed by atoms with Gasteiger partial charge in [0.05, 0.1) is 30.4 Å². The fourth-order valence-electron chi connectivity index (χ4n) is 3.41. The lowest BCUT2D eigenvalue weighted by atomic mass is 9.89. The van der Waals surface area contributed by atoms with Crippen molar-refractivity contribution < 1.29 is 5.11 Å². The van der Waals surface area contributed by atoms with Crippen LogP contribution in [0.2, 0.25) is 0 Å². The van der Waals surface area contributed by atoms with E-state index >= 15 is 0 Å². The number of imidazole rings is 1. The predicted octanol–water partition coefficient (Wildman–Crippen LogP) is 2.29. The van der Waals surface area contributed by atoms with E-state index in [9.17, 15) is 5.11 Å². The lowest BCUT2D eigenvalue weighted by Crippen LogP contribution is -2.32. The molecule has 0 spiro atoms. The maximum atomic E-state index is 10.9. The first-order valence-corrected chi connectivity index (χ1v) is 6.99. The van der Waals surface area contributed by atoms with E-state index in [0.29, 0.717) is 0 Å². The summed E-state index contributed by atoms with van der Waals surface area (Å²) in [6, 6.07) is 8.22. The van der Waals surface area contributed by atoms with E-state index in [-0.39, 0.29) is 11.5 Å². The zero-order valence-electron chi connectivity index (χ0n) is 11.4. The predicted molar refractivity (Wildman–Crippen MR) is 77.9 cm³/mol. The SMILES string of the molecule is C/N=C\C1(C(O)C2c3ccccc3-c3cncn32)CC1. The van der Waals surface area contributed by atoms with Crippen LogP contribution in [0.25, 0.3) is 11.3 Å². The van der Waals surface area contributed by atoms with Gasteiger partial charge in [0, 0.05) is 24.2 Å². The van der Waals surface area contributed by atoms with Crippen molar-refractivity contribution in [2.75, 3.05) is 7.05 Å². The molecule has 0 amide bonds. The van der Waals surface area contributed by atoms with Gasteiger partial charge in [-0.05, 0) is 18.4 Å². The molecule has 2 aliphatic rings. The van der Waals surface area contributed by atoms with Gasteiger partial charge in [-0.15, -0.1) is 0 Å². The number of rotatable bonds is 3. The molecule has 2 unspecified atom stereocenters. The highest BCUT2D eigenvalue weighted by molar-refractivity contribution is 5.73. The van der Waals surface area contributed by atoms with Crippen LogP contribution < -0.4 is 0 Å². The highest BCUT2D eigenvalue weighted by Gasteiger charge is 2.52. The first kappa shape index (κ1) is 11.9. The van der Waals surface area contributed by atoms with Crippen LogP contribution in [0.4, 0.5) is 0 Å². The van der Waals surface area contributed by atoms with Gasteiger partial charge in [-0.25, -0.2) is 4.98 Å². The molecule has 2 atom stereocenters.